The van der Waals surface area contributed by atoms with E-state index in [0.717, 1.165) is 6.42 Å². The van der Waals surface area contributed by atoms with E-state index in [1.54, 1.807) is 0 Å². The van der Waals surface area contributed by atoms with Gasteiger partial charge in [0.1, 0.15) is 0 Å². The average molecular weight is 243 g/mol. The molecule has 3 N–H and O–H groups in total. The fourth-order valence-corrected chi connectivity index (χ4v) is 1.24. The molecule has 0 aromatic heterocycles. The second-order valence-corrected chi connectivity index (χ2v) is 3.61. The van der Waals surface area contributed by atoms with Gasteiger partial charge in [0.25, 0.3) is 0 Å². The highest BCUT2D eigenvalue weighted by molar-refractivity contribution is 7.39. The summed E-state index contributed by atoms with van der Waals surface area (Å²) in [5.74, 6) is -0.757. The zero-order chi connectivity index (χ0) is 11.6. The van der Waals surface area contributed by atoms with Gasteiger partial charge in [0, 0.05) is 0 Å². The first kappa shape index (κ1) is 20.1. The number of hydrogen-bond donors (Lipinski definition) is 1. The van der Waals surface area contributed by atoms with Gasteiger partial charge in [0.15, 0.2) is 6.17 Å². The number of alkyl halides is 1. The summed E-state index contributed by atoms with van der Waals surface area (Å²) in [4.78, 5) is 19.1. The van der Waals surface area contributed by atoms with Gasteiger partial charge in [-0.3, -0.25) is 4.79 Å². The summed E-state index contributed by atoms with van der Waals surface area (Å²) >= 11 is 0. The van der Waals surface area contributed by atoms with Crippen LogP contribution in [-0.4, -0.2) is 28.5 Å². The molecule has 0 radical (unpaired) electrons. The highest BCUT2D eigenvalue weighted by atomic mass is 31.1. The van der Waals surface area contributed by atoms with Gasteiger partial charge in [-0.25, -0.2) is 4.39 Å². The van der Waals surface area contributed by atoms with E-state index in [1.807, 2.05) is 20.8 Å². The molecule has 0 fully saturated rings. The van der Waals surface area contributed by atoms with E-state index in [2.05, 4.69) is 0 Å². The van der Waals surface area contributed by atoms with Crippen molar-refractivity contribution in [3.05, 3.63) is 0 Å². The molecule has 0 saturated heterocycles. The van der Waals surface area contributed by atoms with Crippen LogP contribution in [0, 0.1) is 0 Å². The van der Waals surface area contributed by atoms with E-state index < -0.39 is 26.1 Å². The van der Waals surface area contributed by atoms with Gasteiger partial charge in [-0.2, -0.15) is 4.89 Å². The minimum atomic E-state index is -2.53. The predicted octanol–water partition coefficient (Wildman–Crippen LogP) is 2.02. The van der Waals surface area contributed by atoms with Crippen molar-refractivity contribution in [3.8, 4) is 0 Å². The van der Waals surface area contributed by atoms with E-state index >= 15 is 0 Å². The van der Waals surface area contributed by atoms with E-state index in [1.165, 1.54) is 0 Å². The summed E-state index contributed by atoms with van der Waals surface area (Å²) in [5, 5.41) is 0. The second-order valence-electron chi connectivity index (χ2n) is 2.59. The van der Waals surface area contributed by atoms with Crippen LogP contribution < -0.4 is 0 Å². The molecule has 0 aliphatic carbocycles. The molecule has 0 aliphatic rings. The number of Topliss-reactive ketones (excluding diaryl/α,β-unsaturated/α-hetero) is 1. The number of halogens is 1. The SMILES string of the molecule is CC.CCCCC(F)C(=O)C[P+](=O)O.O. The zero-order valence-electron chi connectivity index (χ0n) is 9.49. The summed E-state index contributed by atoms with van der Waals surface area (Å²) in [5.41, 5.74) is 0. The first-order valence-electron chi connectivity index (χ1n) is 4.88. The summed E-state index contributed by atoms with van der Waals surface area (Å²) < 4.78 is 22.9. The lowest BCUT2D eigenvalue weighted by Gasteiger charge is -2.00. The van der Waals surface area contributed by atoms with Gasteiger partial charge < -0.3 is 5.48 Å². The van der Waals surface area contributed by atoms with Crippen LogP contribution in [0.1, 0.15) is 40.0 Å². The summed E-state index contributed by atoms with van der Waals surface area (Å²) in [6.45, 7) is 5.89. The highest BCUT2D eigenvalue weighted by Crippen LogP contribution is 2.16. The third-order valence-corrected chi connectivity index (χ3v) is 2.03. The number of ketones is 1. The number of carbonyl (C=O) groups excluding carboxylic acids is 1. The Balaban J connectivity index is -0.000000449. The summed E-state index contributed by atoms with van der Waals surface area (Å²) in [7, 11) is -2.53. The largest absolute Gasteiger partial charge is 0.513 e. The lowest BCUT2D eigenvalue weighted by atomic mass is 10.1. The molecule has 15 heavy (non-hydrogen) atoms. The molecule has 4 nitrogen and oxygen atoms in total. The van der Waals surface area contributed by atoms with Gasteiger partial charge in [0.05, 0.1) is 0 Å². The number of rotatable bonds is 6. The van der Waals surface area contributed by atoms with Crippen LogP contribution >= 0.6 is 8.03 Å². The molecule has 0 amide bonds. The second kappa shape index (κ2) is 13.6. The van der Waals surface area contributed by atoms with E-state index in [-0.39, 0.29) is 11.9 Å². The van der Waals surface area contributed by atoms with Gasteiger partial charge in [-0.1, -0.05) is 33.6 Å². The molecule has 0 aliphatic heterocycles. The highest BCUT2D eigenvalue weighted by Gasteiger charge is 2.25. The fraction of sp³-hybridized carbons (Fsp3) is 0.889. The quantitative estimate of drug-likeness (QED) is 0.724. The van der Waals surface area contributed by atoms with Crippen molar-refractivity contribution >= 4 is 13.8 Å². The molecule has 0 heterocycles. The average Bonchev–Trinajstić information content (AvgIpc) is 2.16. The Morgan fingerprint density at radius 3 is 2.27 bits per heavy atom. The number of carbonyl (C=O) groups is 1. The van der Waals surface area contributed by atoms with Crippen LogP contribution in [0.3, 0.4) is 0 Å². The minimum absolute atomic E-state index is 0. The maximum absolute atomic E-state index is 12.8. The van der Waals surface area contributed by atoms with E-state index in [4.69, 9.17) is 4.89 Å². The Kier molecular flexibility index (Phi) is 18.2. The zero-order valence-corrected chi connectivity index (χ0v) is 10.4. The molecule has 2 unspecified atom stereocenters. The van der Waals surface area contributed by atoms with Crippen molar-refractivity contribution in [1.29, 1.82) is 0 Å². The Hall–Kier alpha value is -0.380. The molecule has 0 aromatic carbocycles. The maximum atomic E-state index is 12.8. The van der Waals surface area contributed by atoms with Crippen molar-refractivity contribution in [2.24, 2.45) is 0 Å². The van der Waals surface area contributed by atoms with Crippen LogP contribution in [0.5, 0.6) is 0 Å². The van der Waals surface area contributed by atoms with Crippen molar-refractivity contribution in [1.82, 2.24) is 0 Å². The third-order valence-electron chi connectivity index (χ3n) is 1.45. The van der Waals surface area contributed by atoms with Crippen molar-refractivity contribution in [2.45, 2.75) is 46.2 Å². The Morgan fingerprint density at radius 1 is 1.47 bits per heavy atom. The smallest absolute Gasteiger partial charge is 0.412 e. The van der Waals surface area contributed by atoms with Gasteiger partial charge in [0.2, 0.25) is 11.9 Å². The lowest BCUT2D eigenvalue weighted by molar-refractivity contribution is -0.121. The molecular formula is C9H21FO4P+. The normalized spacial score (nSPS) is 11.7. The van der Waals surface area contributed by atoms with E-state index in [9.17, 15) is 13.8 Å². The first-order valence-corrected chi connectivity index (χ1v) is 6.28. The monoisotopic (exact) mass is 243 g/mol. The van der Waals surface area contributed by atoms with Crippen LogP contribution in [0.15, 0.2) is 0 Å². The topological polar surface area (TPSA) is 85.9 Å². The number of unbranched alkanes of at least 4 members (excludes halogenated alkanes) is 1. The molecular weight excluding hydrogens is 222 g/mol. The molecule has 0 bridgehead atoms. The van der Waals surface area contributed by atoms with E-state index in [0.29, 0.717) is 6.42 Å². The molecule has 0 saturated carbocycles. The molecule has 6 heteroatoms. The van der Waals surface area contributed by atoms with Gasteiger partial charge in [-0.05, 0) is 11.0 Å². The molecule has 92 valence electrons. The van der Waals surface area contributed by atoms with Crippen molar-refractivity contribution in [2.75, 3.05) is 6.16 Å². The fourth-order valence-electron chi connectivity index (χ4n) is 0.777. The summed E-state index contributed by atoms with van der Waals surface area (Å²) in [6.07, 6.45) is -0.497. The molecule has 0 rings (SSSR count). The maximum Gasteiger partial charge on any atom is 0.513 e. The van der Waals surface area contributed by atoms with Gasteiger partial charge >= 0.3 is 8.03 Å². The van der Waals surface area contributed by atoms with Crippen molar-refractivity contribution in [3.63, 3.8) is 0 Å². The van der Waals surface area contributed by atoms with Crippen LogP contribution in [-0.2, 0) is 9.36 Å². The standard InChI is InChI=1S/C7H12FO3P.C2H6.H2O/c1-2-3-4-6(8)7(9)5-12(10)11;1-2;/h6H,2-5H2,1H3;1-2H3;1H2/p+1. The Bertz CT molecular complexity index is 175. The lowest BCUT2D eigenvalue weighted by Crippen LogP contribution is -2.17. The molecule has 0 aromatic rings. The van der Waals surface area contributed by atoms with Crippen LogP contribution in [0.25, 0.3) is 0 Å². The Morgan fingerprint density at radius 2 is 1.93 bits per heavy atom. The summed E-state index contributed by atoms with van der Waals surface area (Å²) in [6, 6.07) is 0. The number of hydrogen-bond acceptors (Lipinski definition) is 2. The molecule has 0 spiro atoms. The molecule has 2 atom stereocenters. The predicted molar refractivity (Wildman–Crippen MR) is 59.1 cm³/mol. The van der Waals surface area contributed by atoms with Gasteiger partial charge in [-0.15, -0.1) is 0 Å². The third kappa shape index (κ3) is 13.6. The minimum Gasteiger partial charge on any atom is -0.412 e. The van der Waals surface area contributed by atoms with Crippen LogP contribution in [0.2, 0.25) is 0 Å². The van der Waals surface area contributed by atoms with Crippen molar-refractivity contribution < 1.29 is 24.1 Å². The Labute approximate surface area is 91.1 Å². The van der Waals surface area contributed by atoms with Crippen LogP contribution in [0.4, 0.5) is 4.39 Å². The first-order chi connectivity index (χ1) is 6.57.